The summed E-state index contributed by atoms with van der Waals surface area (Å²) < 4.78 is 0. The van der Waals surface area contributed by atoms with Crippen molar-refractivity contribution in [1.82, 2.24) is 35.9 Å². The number of aliphatic hydroxyl groups is 1. The van der Waals surface area contributed by atoms with Gasteiger partial charge in [0.1, 0.15) is 18.1 Å². The lowest BCUT2D eigenvalue weighted by atomic mass is 10.1. The van der Waals surface area contributed by atoms with Crippen LogP contribution in [0, 0.1) is 0 Å². The number of aliphatic hydroxyl groups excluding tert-OH is 1. The van der Waals surface area contributed by atoms with Crippen LogP contribution in [0.15, 0.2) is 25.0 Å². The van der Waals surface area contributed by atoms with Gasteiger partial charge in [0.05, 0.1) is 24.8 Å². The average Bonchev–Trinajstić information content (AvgIpc) is 3.53. The highest BCUT2D eigenvalue weighted by atomic mass is 16.4. The quantitative estimate of drug-likeness (QED) is 0.111. The third kappa shape index (κ3) is 9.34. The van der Waals surface area contributed by atoms with Crippen LogP contribution in [0.3, 0.4) is 0 Å². The second-order valence-corrected chi connectivity index (χ2v) is 8.36. The summed E-state index contributed by atoms with van der Waals surface area (Å²) in [5.74, 6) is -4.71. The number of hydrogen-bond donors (Lipinski definition) is 9. The molecule has 37 heavy (non-hydrogen) atoms. The molecule has 0 saturated heterocycles. The summed E-state index contributed by atoms with van der Waals surface area (Å²) in [7, 11) is 0. The van der Waals surface area contributed by atoms with Gasteiger partial charge in [0.2, 0.25) is 23.6 Å². The summed E-state index contributed by atoms with van der Waals surface area (Å²) in [5.41, 5.74) is 12.1. The maximum Gasteiger partial charge on any atom is 0.326 e. The molecule has 2 heterocycles. The number of rotatable bonds is 15. The van der Waals surface area contributed by atoms with E-state index < -0.39 is 59.9 Å². The SMILES string of the molecule is CC(O)C(NC(=O)C(Cc1cnc[nH]1)NC(=O)C(N)Cc1cnc[nH]1)C(=O)NC(CCC(N)=O)C(=O)O. The highest BCUT2D eigenvalue weighted by molar-refractivity contribution is 5.94. The van der Waals surface area contributed by atoms with Crippen LogP contribution in [-0.2, 0) is 36.8 Å². The summed E-state index contributed by atoms with van der Waals surface area (Å²) in [4.78, 5) is 74.3. The molecule has 2 aromatic rings. The number of nitrogens with one attached hydrogen (secondary N) is 5. The molecule has 2 rings (SSSR count). The lowest BCUT2D eigenvalue weighted by Crippen LogP contribution is -2.60. The number of carbonyl (C=O) groups is 5. The van der Waals surface area contributed by atoms with Crippen molar-refractivity contribution in [2.75, 3.05) is 0 Å². The molecule has 0 aliphatic carbocycles. The molecule has 0 spiro atoms. The molecular formula is C21H31N9O7. The lowest BCUT2D eigenvalue weighted by molar-refractivity contribution is -0.143. The summed E-state index contributed by atoms with van der Waals surface area (Å²) in [6, 6.07) is -5.34. The van der Waals surface area contributed by atoms with E-state index in [4.69, 9.17) is 11.5 Å². The lowest BCUT2D eigenvalue weighted by Gasteiger charge is -2.26. The molecule has 0 fully saturated rings. The van der Waals surface area contributed by atoms with Crippen molar-refractivity contribution in [3.8, 4) is 0 Å². The van der Waals surface area contributed by atoms with Crippen molar-refractivity contribution in [2.24, 2.45) is 11.5 Å². The number of nitrogens with zero attached hydrogens (tertiary/aromatic N) is 2. The van der Waals surface area contributed by atoms with E-state index in [0.29, 0.717) is 11.4 Å². The first-order valence-corrected chi connectivity index (χ1v) is 11.3. The van der Waals surface area contributed by atoms with Crippen LogP contribution in [0.2, 0.25) is 0 Å². The van der Waals surface area contributed by atoms with Gasteiger partial charge >= 0.3 is 5.97 Å². The molecule has 4 amide bonds. The molecule has 202 valence electrons. The van der Waals surface area contributed by atoms with Gasteiger partial charge in [0, 0.05) is 43.0 Å². The third-order valence-electron chi connectivity index (χ3n) is 5.30. The average molecular weight is 522 g/mol. The summed E-state index contributed by atoms with van der Waals surface area (Å²) in [6.07, 6.45) is 3.76. The van der Waals surface area contributed by atoms with Gasteiger partial charge in [-0.15, -0.1) is 0 Å². The minimum atomic E-state index is -1.58. The van der Waals surface area contributed by atoms with Crippen LogP contribution in [0.25, 0.3) is 0 Å². The number of aromatic nitrogens is 4. The van der Waals surface area contributed by atoms with Gasteiger partial charge in [-0.1, -0.05) is 0 Å². The predicted octanol–water partition coefficient (Wildman–Crippen LogP) is -3.57. The van der Waals surface area contributed by atoms with Gasteiger partial charge in [-0.05, 0) is 13.3 Å². The molecule has 11 N–H and O–H groups in total. The van der Waals surface area contributed by atoms with E-state index in [-0.39, 0.29) is 25.7 Å². The van der Waals surface area contributed by atoms with Gasteiger partial charge < -0.3 is 47.6 Å². The molecule has 16 nitrogen and oxygen atoms in total. The van der Waals surface area contributed by atoms with Crippen molar-refractivity contribution in [1.29, 1.82) is 0 Å². The number of aromatic amines is 2. The molecule has 5 unspecified atom stereocenters. The Morgan fingerprint density at radius 2 is 1.49 bits per heavy atom. The molecule has 0 aromatic carbocycles. The molecule has 5 atom stereocenters. The summed E-state index contributed by atoms with van der Waals surface area (Å²) in [6.45, 7) is 1.21. The first kappa shape index (κ1) is 28.9. The highest BCUT2D eigenvalue weighted by Gasteiger charge is 2.33. The molecule has 0 aliphatic heterocycles. The summed E-state index contributed by atoms with van der Waals surface area (Å²) in [5, 5.41) is 26.5. The van der Waals surface area contributed by atoms with Crippen molar-refractivity contribution in [3.05, 3.63) is 36.4 Å². The number of nitrogens with two attached hydrogens (primary N) is 2. The fourth-order valence-electron chi connectivity index (χ4n) is 3.29. The Hall–Kier alpha value is -4.31. The smallest absolute Gasteiger partial charge is 0.326 e. The molecule has 16 heteroatoms. The maximum atomic E-state index is 13.1. The Bertz CT molecular complexity index is 1060. The number of carboxylic acids is 1. The number of carbonyl (C=O) groups excluding carboxylic acids is 4. The van der Waals surface area contributed by atoms with Gasteiger partial charge in [0.25, 0.3) is 0 Å². The molecule has 2 aromatic heterocycles. The van der Waals surface area contributed by atoms with E-state index in [1.807, 2.05) is 0 Å². The fraction of sp³-hybridized carbons (Fsp3) is 0.476. The van der Waals surface area contributed by atoms with Gasteiger partial charge in [0.15, 0.2) is 0 Å². The van der Waals surface area contributed by atoms with Crippen molar-refractivity contribution in [3.63, 3.8) is 0 Å². The van der Waals surface area contributed by atoms with E-state index in [2.05, 4.69) is 35.9 Å². The van der Waals surface area contributed by atoms with Crippen LogP contribution >= 0.6 is 0 Å². The van der Waals surface area contributed by atoms with Crippen molar-refractivity contribution < 1.29 is 34.2 Å². The normalized spacial score (nSPS) is 15.0. The monoisotopic (exact) mass is 521 g/mol. The predicted molar refractivity (Wildman–Crippen MR) is 126 cm³/mol. The Morgan fingerprint density at radius 1 is 0.919 bits per heavy atom. The minimum absolute atomic E-state index is 0.0567. The molecule has 0 aliphatic rings. The van der Waals surface area contributed by atoms with Crippen LogP contribution in [0.1, 0.15) is 31.2 Å². The number of H-pyrrole nitrogens is 2. The molecule has 0 saturated carbocycles. The van der Waals surface area contributed by atoms with E-state index in [0.717, 1.165) is 0 Å². The first-order valence-electron chi connectivity index (χ1n) is 11.3. The zero-order valence-corrected chi connectivity index (χ0v) is 20.0. The highest BCUT2D eigenvalue weighted by Crippen LogP contribution is 2.05. The topological polar surface area (TPSA) is 271 Å². The zero-order chi connectivity index (χ0) is 27.5. The minimum Gasteiger partial charge on any atom is -0.480 e. The number of aliphatic carboxylic acids is 1. The van der Waals surface area contributed by atoms with Crippen molar-refractivity contribution >= 4 is 29.6 Å². The fourth-order valence-corrected chi connectivity index (χ4v) is 3.29. The van der Waals surface area contributed by atoms with Crippen LogP contribution in [0.5, 0.6) is 0 Å². The van der Waals surface area contributed by atoms with Crippen LogP contribution in [-0.4, -0.2) is 90.0 Å². The Labute approximate surface area is 211 Å². The summed E-state index contributed by atoms with van der Waals surface area (Å²) >= 11 is 0. The maximum absolute atomic E-state index is 13.1. The largest absolute Gasteiger partial charge is 0.480 e. The molecule has 0 bridgehead atoms. The van der Waals surface area contributed by atoms with Gasteiger partial charge in [-0.3, -0.25) is 19.2 Å². The number of amides is 4. The standard InChI is InChI=1S/C21H31N9O7/c1-10(31)17(20(35)28-14(21(36)37)2-3-16(23)32)30-19(34)15(5-12-7-25-9-27-12)29-18(33)13(22)4-11-6-24-8-26-11/h6-10,13-15,17,31H,2-5,22H2,1H3,(H2,23,32)(H,24,26)(H,25,27)(H,28,35)(H,29,33)(H,30,34)(H,36,37). The Kier molecular flexibility index (Phi) is 10.7. The number of hydrogen-bond acceptors (Lipinski definition) is 9. The number of primary amides is 1. The second-order valence-electron chi connectivity index (χ2n) is 8.36. The zero-order valence-electron chi connectivity index (χ0n) is 20.0. The van der Waals surface area contributed by atoms with Crippen LogP contribution in [0.4, 0.5) is 0 Å². The third-order valence-corrected chi connectivity index (χ3v) is 5.30. The Balaban J connectivity index is 2.13. The second kappa shape index (κ2) is 13.7. The van der Waals surface area contributed by atoms with E-state index in [9.17, 15) is 34.2 Å². The van der Waals surface area contributed by atoms with E-state index in [1.165, 1.54) is 32.0 Å². The first-order chi connectivity index (χ1) is 17.5. The Morgan fingerprint density at radius 3 is 1.97 bits per heavy atom. The van der Waals surface area contributed by atoms with Gasteiger partial charge in [-0.25, -0.2) is 14.8 Å². The van der Waals surface area contributed by atoms with Gasteiger partial charge in [-0.2, -0.15) is 0 Å². The number of carboxylic acid groups (broad SMARTS) is 1. The number of imidazole rings is 2. The van der Waals surface area contributed by atoms with Crippen LogP contribution < -0.4 is 27.4 Å². The molecule has 0 radical (unpaired) electrons. The van der Waals surface area contributed by atoms with E-state index in [1.54, 1.807) is 0 Å². The molecular weight excluding hydrogens is 490 g/mol. The van der Waals surface area contributed by atoms with Crippen molar-refractivity contribution in [2.45, 2.75) is 62.9 Å². The van der Waals surface area contributed by atoms with E-state index >= 15 is 0 Å².